The highest BCUT2D eigenvalue weighted by Crippen LogP contribution is 2.13. The van der Waals surface area contributed by atoms with Gasteiger partial charge in [0, 0.05) is 31.4 Å². The van der Waals surface area contributed by atoms with Gasteiger partial charge >= 0.3 is 0 Å². The van der Waals surface area contributed by atoms with Gasteiger partial charge in [-0.05, 0) is 25.6 Å². The number of para-hydroxylation sites is 1. The zero-order valence-corrected chi connectivity index (χ0v) is 14.5. The van der Waals surface area contributed by atoms with E-state index in [4.69, 9.17) is 0 Å². The summed E-state index contributed by atoms with van der Waals surface area (Å²) < 4.78 is 1.80. The fraction of sp³-hybridized carbons (Fsp3) is 0.389. The molecular weight excluding hydrogens is 318 g/mol. The van der Waals surface area contributed by atoms with Gasteiger partial charge in [0.25, 0.3) is 0 Å². The Morgan fingerprint density at radius 3 is 2.96 bits per heavy atom. The van der Waals surface area contributed by atoms with Crippen molar-refractivity contribution in [3.05, 3.63) is 47.8 Å². The standard InChI is InChI=1S/C18H23N5O2/c1-13-5-3-4-6-15(13)23-12-14(11-21-23)10-20-17(24)9-16-18(25)19-7-8-22(16)2/h3-6,11-12,16H,7-10H2,1-2H3,(H,19,25)(H,20,24). The first-order chi connectivity index (χ1) is 12.0. The van der Waals surface area contributed by atoms with Gasteiger partial charge < -0.3 is 10.6 Å². The fourth-order valence-electron chi connectivity index (χ4n) is 2.93. The monoisotopic (exact) mass is 341 g/mol. The van der Waals surface area contributed by atoms with Crippen molar-refractivity contribution in [3.63, 3.8) is 0 Å². The molecule has 7 nitrogen and oxygen atoms in total. The molecule has 0 radical (unpaired) electrons. The molecule has 1 unspecified atom stereocenters. The van der Waals surface area contributed by atoms with Gasteiger partial charge in [-0.2, -0.15) is 5.10 Å². The molecule has 1 aliphatic heterocycles. The van der Waals surface area contributed by atoms with E-state index in [1.54, 1.807) is 10.9 Å². The van der Waals surface area contributed by atoms with Crippen LogP contribution >= 0.6 is 0 Å². The average molecular weight is 341 g/mol. The highest BCUT2D eigenvalue weighted by Gasteiger charge is 2.28. The van der Waals surface area contributed by atoms with Gasteiger partial charge in [0.2, 0.25) is 11.8 Å². The number of benzene rings is 1. The Hall–Kier alpha value is -2.67. The second kappa shape index (κ2) is 7.48. The summed E-state index contributed by atoms with van der Waals surface area (Å²) in [5.74, 6) is -0.228. The first-order valence-corrected chi connectivity index (χ1v) is 8.39. The molecule has 132 valence electrons. The molecule has 25 heavy (non-hydrogen) atoms. The number of hydrogen-bond donors (Lipinski definition) is 2. The largest absolute Gasteiger partial charge is 0.353 e. The summed E-state index contributed by atoms with van der Waals surface area (Å²) in [7, 11) is 1.86. The Bertz CT molecular complexity index is 770. The van der Waals surface area contributed by atoms with Crippen LogP contribution < -0.4 is 10.6 Å². The van der Waals surface area contributed by atoms with Gasteiger partial charge in [0.15, 0.2) is 0 Å². The molecule has 3 rings (SSSR count). The third-order valence-electron chi connectivity index (χ3n) is 4.47. The van der Waals surface area contributed by atoms with E-state index in [-0.39, 0.29) is 18.2 Å². The number of nitrogens with one attached hydrogen (secondary N) is 2. The second-order valence-corrected chi connectivity index (χ2v) is 6.35. The molecule has 1 fully saturated rings. The average Bonchev–Trinajstić information content (AvgIpc) is 3.06. The van der Waals surface area contributed by atoms with Gasteiger partial charge in [-0.3, -0.25) is 14.5 Å². The van der Waals surface area contributed by atoms with Crippen molar-refractivity contribution >= 4 is 11.8 Å². The minimum Gasteiger partial charge on any atom is -0.353 e. The number of aromatic nitrogens is 2. The van der Waals surface area contributed by atoms with Crippen molar-refractivity contribution < 1.29 is 9.59 Å². The number of piperazine rings is 1. The molecule has 0 spiro atoms. The highest BCUT2D eigenvalue weighted by atomic mass is 16.2. The molecule has 1 aliphatic rings. The van der Waals surface area contributed by atoms with Crippen molar-refractivity contribution in [2.45, 2.75) is 25.9 Å². The number of aryl methyl sites for hydroxylation is 1. The van der Waals surface area contributed by atoms with E-state index in [2.05, 4.69) is 15.7 Å². The molecular formula is C18H23N5O2. The molecule has 0 bridgehead atoms. The van der Waals surface area contributed by atoms with Crippen molar-refractivity contribution in [1.82, 2.24) is 25.3 Å². The molecule has 2 heterocycles. The fourth-order valence-corrected chi connectivity index (χ4v) is 2.93. The lowest BCUT2D eigenvalue weighted by Gasteiger charge is -2.31. The normalized spacial score (nSPS) is 18.0. The van der Waals surface area contributed by atoms with Crippen LogP contribution in [0, 0.1) is 6.92 Å². The molecule has 2 amide bonds. The number of rotatable bonds is 5. The third kappa shape index (κ3) is 4.06. The van der Waals surface area contributed by atoms with Gasteiger partial charge in [0.1, 0.15) is 0 Å². The minimum atomic E-state index is -0.400. The van der Waals surface area contributed by atoms with E-state index in [1.807, 2.05) is 49.3 Å². The SMILES string of the molecule is Cc1ccccc1-n1cc(CNC(=O)CC2C(=O)NCCN2C)cn1. The van der Waals surface area contributed by atoms with E-state index >= 15 is 0 Å². The van der Waals surface area contributed by atoms with E-state index in [9.17, 15) is 9.59 Å². The maximum atomic E-state index is 12.2. The summed E-state index contributed by atoms with van der Waals surface area (Å²) in [5.41, 5.74) is 3.06. The van der Waals surface area contributed by atoms with Crippen molar-refractivity contribution in [3.8, 4) is 5.69 Å². The van der Waals surface area contributed by atoms with Gasteiger partial charge in [0.05, 0.1) is 24.3 Å². The zero-order valence-electron chi connectivity index (χ0n) is 14.5. The zero-order chi connectivity index (χ0) is 17.8. The predicted molar refractivity (Wildman–Crippen MR) is 94.2 cm³/mol. The van der Waals surface area contributed by atoms with Crippen molar-refractivity contribution in [1.29, 1.82) is 0 Å². The van der Waals surface area contributed by atoms with Crippen molar-refractivity contribution in [2.24, 2.45) is 0 Å². The van der Waals surface area contributed by atoms with Crippen LogP contribution in [0.15, 0.2) is 36.7 Å². The predicted octanol–water partition coefficient (Wildman–Crippen LogP) is 0.617. The Kier molecular flexibility index (Phi) is 5.14. The van der Waals surface area contributed by atoms with Crippen LogP contribution in [0.3, 0.4) is 0 Å². The summed E-state index contributed by atoms with van der Waals surface area (Å²) >= 11 is 0. The van der Waals surface area contributed by atoms with Crippen LogP contribution in [-0.2, 0) is 16.1 Å². The lowest BCUT2D eigenvalue weighted by molar-refractivity contribution is -0.133. The van der Waals surface area contributed by atoms with Gasteiger partial charge in [-0.1, -0.05) is 18.2 Å². The Balaban J connectivity index is 1.56. The van der Waals surface area contributed by atoms with E-state index in [0.717, 1.165) is 23.4 Å². The molecule has 2 N–H and O–H groups in total. The summed E-state index contributed by atoms with van der Waals surface area (Å²) in [6.45, 7) is 3.81. The lowest BCUT2D eigenvalue weighted by atomic mass is 10.1. The van der Waals surface area contributed by atoms with E-state index in [1.165, 1.54) is 0 Å². The molecule has 0 saturated carbocycles. The Morgan fingerprint density at radius 1 is 1.40 bits per heavy atom. The smallest absolute Gasteiger partial charge is 0.237 e. The van der Waals surface area contributed by atoms with E-state index in [0.29, 0.717) is 13.1 Å². The van der Waals surface area contributed by atoms with Gasteiger partial charge in [-0.25, -0.2) is 4.68 Å². The van der Waals surface area contributed by atoms with Crippen LogP contribution in [0.25, 0.3) is 5.69 Å². The minimum absolute atomic E-state index is 0.0868. The molecule has 2 aromatic rings. The topological polar surface area (TPSA) is 79.3 Å². The number of hydrogen-bond acceptors (Lipinski definition) is 4. The second-order valence-electron chi connectivity index (χ2n) is 6.35. The summed E-state index contributed by atoms with van der Waals surface area (Å²) in [5, 5.41) is 10.0. The molecule has 1 saturated heterocycles. The molecule has 1 aromatic carbocycles. The van der Waals surface area contributed by atoms with Crippen LogP contribution in [0.1, 0.15) is 17.5 Å². The number of carbonyl (C=O) groups excluding carboxylic acids is 2. The molecule has 1 atom stereocenters. The lowest BCUT2D eigenvalue weighted by Crippen LogP contribution is -2.54. The van der Waals surface area contributed by atoms with Crippen molar-refractivity contribution in [2.75, 3.05) is 20.1 Å². The number of likely N-dealkylation sites (N-methyl/N-ethyl adjacent to an activating group) is 1. The summed E-state index contributed by atoms with van der Waals surface area (Å²) in [4.78, 5) is 25.9. The Morgan fingerprint density at radius 2 is 2.20 bits per heavy atom. The number of nitrogens with zero attached hydrogens (tertiary/aromatic N) is 3. The number of carbonyl (C=O) groups is 2. The van der Waals surface area contributed by atoms with E-state index < -0.39 is 6.04 Å². The molecule has 1 aromatic heterocycles. The molecule has 0 aliphatic carbocycles. The number of amides is 2. The molecule has 7 heteroatoms. The quantitative estimate of drug-likeness (QED) is 0.835. The summed E-state index contributed by atoms with van der Waals surface area (Å²) in [6, 6.07) is 7.59. The van der Waals surface area contributed by atoms with Crippen LogP contribution in [0.2, 0.25) is 0 Å². The Labute approximate surface area is 147 Å². The first-order valence-electron chi connectivity index (χ1n) is 8.39. The van der Waals surface area contributed by atoms with Crippen LogP contribution in [0.5, 0.6) is 0 Å². The van der Waals surface area contributed by atoms with Crippen LogP contribution in [-0.4, -0.2) is 52.7 Å². The summed E-state index contributed by atoms with van der Waals surface area (Å²) in [6.07, 6.45) is 3.81. The third-order valence-corrected chi connectivity index (χ3v) is 4.47. The van der Waals surface area contributed by atoms with Gasteiger partial charge in [-0.15, -0.1) is 0 Å². The maximum Gasteiger partial charge on any atom is 0.237 e. The highest BCUT2D eigenvalue weighted by molar-refractivity contribution is 5.88. The first kappa shape index (κ1) is 17.2. The maximum absolute atomic E-state index is 12.2. The van der Waals surface area contributed by atoms with Crippen LogP contribution in [0.4, 0.5) is 0 Å².